The number of hydrogen-bond acceptors (Lipinski definition) is 5. The number of pyridine rings is 1. The Hall–Kier alpha value is -1.99. The van der Waals surface area contributed by atoms with Gasteiger partial charge in [-0.3, -0.25) is 0 Å². The largest absolute Gasteiger partial charge is 0.310 e. The van der Waals surface area contributed by atoms with Crippen molar-refractivity contribution < 1.29 is 4.39 Å². The topological polar surface area (TPSA) is 86.2 Å². The van der Waals surface area contributed by atoms with E-state index in [1.165, 1.54) is 13.0 Å². The molecule has 9 heteroatoms. The predicted molar refractivity (Wildman–Crippen MR) is 80.2 cm³/mol. The molecule has 5 nitrogen and oxygen atoms in total. The van der Waals surface area contributed by atoms with Crippen molar-refractivity contribution in [3.05, 3.63) is 50.0 Å². The van der Waals surface area contributed by atoms with Crippen LogP contribution in [0.5, 0.6) is 0 Å². The number of aromatic nitrogens is 3. The van der Waals surface area contributed by atoms with E-state index in [0.29, 0.717) is 21.4 Å². The Balaban J connectivity index is 0.000000220. The molecule has 0 aliphatic rings. The van der Waals surface area contributed by atoms with Crippen LogP contribution in [0.15, 0.2) is 6.07 Å². The Kier molecular flexibility index (Phi) is 6.45. The number of nitriles is 2. The highest BCUT2D eigenvalue weighted by atomic mass is 35.5. The van der Waals surface area contributed by atoms with Crippen LogP contribution in [0, 0.1) is 42.6 Å². The third-order valence-electron chi connectivity index (χ3n) is 2.36. The average Bonchev–Trinajstić information content (AvgIpc) is 2.38. The maximum absolute atomic E-state index is 12.3. The monoisotopic (exact) mass is 357 g/mol. The summed E-state index contributed by atoms with van der Waals surface area (Å²) in [4.78, 5) is 10.4. The Bertz CT molecular complexity index is 682. The summed E-state index contributed by atoms with van der Waals surface area (Å²) in [5.74, 6) is 0. The Morgan fingerprint density at radius 1 is 0.955 bits per heavy atom. The minimum atomic E-state index is -0.911. The molecule has 2 rings (SSSR count). The molecule has 0 bridgehead atoms. The molecule has 2 heterocycles. The standard InChI is InChI=1S/C7H4Cl2N2.C6H3ClFN3/c1-4-5(3-10)6(8)2-7(9)11-4;1-3-4(2-9)5(7)11-6(8)10-3/h2H,1H3;1H3. The summed E-state index contributed by atoms with van der Waals surface area (Å²) < 4.78 is 12.3. The summed E-state index contributed by atoms with van der Waals surface area (Å²) in [6.07, 6.45) is -0.911. The van der Waals surface area contributed by atoms with Crippen molar-refractivity contribution in [1.29, 1.82) is 10.5 Å². The van der Waals surface area contributed by atoms with Crippen molar-refractivity contribution in [2.75, 3.05) is 0 Å². The van der Waals surface area contributed by atoms with Crippen molar-refractivity contribution in [2.24, 2.45) is 0 Å². The zero-order valence-electron chi connectivity index (χ0n) is 11.3. The molecule has 0 N–H and O–H groups in total. The van der Waals surface area contributed by atoms with Crippen molar-refractivity contribution >= 4 is 34.8 Å². The van der Waals surface area contributed by atoms with Gasteiger partial charge in [0, 0.05) is 0 Å². The van der Waals surface area contributed by atoms with Gasteiger partial charge in [-0.15, -0.1) is 0 Å². The highest BCUT2D eigenvalue weighted by Crippen LogP contribution is 2.20. The van der Waals surface area contributed by atoms with Crippen LogP contribution in [0.2, 0.25) is 15.3 Å². The number of aryl methyl sites for hydroxylation is 2. The molecule has 0 aromatic carbocycles. The quantitative estimate of drug-likeness (QED) is 0.403. The Labute approximate surface area is 140 Å². The molecule has 22 heavy (non-hydrogen) atoms. The summed E-state index contributed by atoms with van der Waals surface area (Å²) in [6, 6.07) is 5.16. The second-order valence-electron chi connectivity index (χ2n) is 3.85. The van der Waals surface area contributed by atoms with E-state index >= 15 is 0 Å². The van der Waals surface area contributed by atoms with Crippen LogP contribution in [-0.2, 0) is 0 Å². The third kappa shape index (κ3) is 4.51. The van der Waals surface area contributed by atoms with Crippen LogP contribution in [0.3, 0.4) is 0 Å². The predicted octanol–water partition coefficient (Wildman–Crippen LogP) is 4.02. The molecule has 0 saturated heterocycles. The first-order valence-electron chi connectivity index (χ1n) is 5.62. The molecule has 0 aliphatic heterocycles. The van der Waals surface area contributed by atoms with Crippen LogP contribution >= 0.6 is 34.8 Å². The summed E-state index contributed by atoms with van der Waals surface area (Å²) in [5.41, 5.74) is 1.32. The molecule has 0 unspecified atom stereocenters. The summed E-state index contributed by atoms with van der Waals surface area (Å²) in [7, 11) is 0. The van der Waals surface area contributed by atoms with E-state index in [9.17, 15) is 4.39 Å². The lowest BCUT2D eigenvalue weighted by Crippen LogP contribution is -1.97. The van der Waals surface area contributed by atoms with Crippen LogP contribution in [0.1, 0.15) is 22.5 Å². The molecular formula is C13H7Cl3FN5. The minimum Gasteiger partial charge on any atom is -0.240 e. The van der Waals surface area contributed by atoms with Gasteiger partial charge in [0.05, 0.1) is 22.0 Å². The molecule has 0 atom stereocenters. The van der Waals surface area contributed by atoms with Crippen molar-refractivity contribution in [1.82, 2.24) is 15.0 Å². The summed E-state index contributed by atoms with van der Waals surface area (Å²) in [6.45, 7) is 3.19. The third-order valence-corrected chi connectivity index (χ3v) is 3.13. The number of hydrogen-bond donors (Lipinski definition) is 0. The highest BCUT2D eigenvalue weighted by molar-refractivity contribution is 6.34. The highest BCUT2D eigenvalue weighted by Gasteiger charge is 2.08. The van der Waals surface area contributed by atoms with Gasteiger partial charge < -0.3 is 0 Å². The maximum atomic E-state index is 12.3. The second-order valence-corrected chi connectivity index (χ2v) is 5.01. The van der Waals surface area contributed by atoms with Crippen molar-refractivity contribution in [2.45, 2.75) is 13.8 Å². The molecule has 2 aromatic heterocycles. The van der Waals surface area contributed by atoms with Gasteiger partial charge in [-0.1, -0.05) is 34.8 Å². The first-order valence-corrected chi connectivity index (χ1v) is 6.76. The van der Waals surface area contributed by atoms with Gasteiger partial charge in [-0.25, -0.2) is 9.97 Å². The fourth-order valence-electron chi connectivity index (χ4n) is 1.36. The van der Waals surface area contributed by atoms with E-state index in [1.54, 1.807) is 13.0 Å². The van der Waals surface area contributed by atoms with Crippen LogP contribution in [-0.4, -0.2) is 15.0 Å². The van der Waals surface area contributed by atoms with Gasteiger partial charge in [0.25, 0.3) is 0 Å². The van der Waals surface area contributed by atoms with Gasteiger partial charge >= 0.3 is 6.08 Å². The first kappa shape index (κ1) is 18.1. The maximum Gasteiger partial charge on any atom is 0.310 e. The lowest BCUT2D eigenvalue weighted by atomic mass is 10.2. The van der Waals surface area contributed by atoms with Crippen LogP contribution < -0.4 is 0 Å². The van der Waals surface area contributed by atoms with E-state index in [0.717, 1.165) is 0 Å². The molecule has 0 radical (unpaired) electrons. The number of nitrogens with zero attached hydrogens (tertiary/aromatic N) is 5. The first-order chi connectivity index (χ1) is 10.3. The fourth-order valence-corrected chi connectivity index (χ4v) is 2.19. The van der Waals surface area contributed by atoms with Crippen molar-refractivity contribution in [3.8, 4) is 12.1 Å². The van der Waals surface area contributed by atoms with Gasteiger partial charge in [0.2, 0.25) is 0 Å². The Morgan fingerprint density at radius 2 is 1.50 bits per heavy atom. The molecule has 0 spiro atoms. The molecule has 2 aromatic rings. The van der Waals surface area contributed by atoms with E-state index in [4.69, 9.17) is 45.3 Å². The molecule has 0 saturated carbocycles. The van der Waals surface area contributed by atoms with E-state index in [1.807, 2.05) is 6.07 Å². The van der Waals surface area contributed by atoms with Gasteiger partial charge in [-0.2, -0.15) is 19.9 Å². The van der Waals surface area contributed by atoms with Gasteiger partial charge in [0.15, 0.2) is 5.15 Å². The molecular weight excluding hydrogens is 352 g/mol. The lowest BCUT2D eigenvalue weighted by Gasteiger charge is -1.98. The SMILES string of the molecule is Cc1nc(Cl)cc(Cl)c1C#N.Cc1nc(F)nc(Cl)c1C#N. The normalized spacial score (nSPS) is 9.27. The zero-order valence-corrected chi connectivity index (χ0v) is 13.6. The zero-order chi connectivity index (χ0) is 16.9. The average molecular weight is 359 g/mol. The van der Waals surface area contributed by atoms with Crippen LogP contribution in [0.4, 0.5) is 4.39 Å². The van der Waals surface area contributed by atoms with E-state index in [2.05, 4.69) is 15.0 Å². The number of rotatable bonds is 0. The lowest BCUT2D eigenvalue weighted by molar-refractivity contribution is 0.534. The van der Waals surface area contributed by atoms with E-state index in [-0.39, 0.29) is 16.4 Å². The summed E-state index contributed by atoms with van der Waals surface area (Å²) in [5, 5.41) is 17.5. The van der Waals surface area contributed by atoms with E-state index < -0.39 is 6.08 Å². The van der Waals surface area contributed by atoms with Crippen molar-refractivity contribution in [3.63, 3.8) is 0 Å². The van der Waals surface area contributed by atoms with Gasteiger partial charge in [-0.05, 0) is 19.9 Å². The summed E-state index contributed by atoms with van der Waals surface area (Å²) >= 11 is 16.7. The fraction of sp³-hybridized carbons (Fsp3) is 0.154. The molecule has 0 aliphatic carbocycles. The minimum absolute atomic E-state index is 0.119. The molecule has 0 amide bonds. The smallest absolute Gasteiger partial charge is 0.240 e. The Morgan fingerprint density at radius 3 is 1.95 bits per heavy atom. The molecule has 0 fully saturated rings. The second kappa shape index (κ2) is 7.86. The number of halogens is 4. The van der Waals surface area contributed by atoms with Crippen LogP contribution in [0.25, 0.3) is 0 Å². The molecule has 112 valence electrons. The van der Waals surface area contributed by atoms with Gasteiger partial charge in [0.1, 0.15) is 22.9 Å².